The van der Waals surface area contributed by atoms with E-state index in [-0.39, 0.29) is 17.9 Å². The van der Waals surface area contributed by atoms with Crippen LogP contribution in [-0.2, 0) is 4.79 Å². The molecule has 2 aromatic rings. The SMILES string of the molecule is CNC1CCN(c2ccc(N(C)C(=O)c3ccc(C4CCCCC4)cc3)cc2)C1=O. The van der Waals surface area contributed by atoms with E-state index in [0.29, 0.717) is 18.0 Å². The number of benzene rings is 2. The maximum atomic E-state index is 13.0. The fourth-order valence-electron chi connectivity index (χ4n) is 4.71. The molecule has 1 atom stereocenters. The predicted octanol–water partition coefficient (Wildman–Crippen LogP) is 4.34. The van der Waals surface area contributed by atoms with Crippen molar-refractivity contribution in [3.8, 4) is 0 Å². The van der Waals surface area contributed by atoms with Gasteiger partial charge in [-0.1, -0.05) is 31.4 Å². The molecule has 0 bridgehead atoms. The van der Waals surface area contributed by atoms with Gasteiger partial charge in [0.15, 0.2) is 0 Å². The zero-order valence-electron chi connectivity index (χ0n) is 17.9. The molecule has 158 valence electrons. The Labute approximate surface area is 179 Å². The Balaban J connectivity index is 1.43. The number of nitrogens with one attached hydrogen (secondary N) is 1. The summed E-state index contributed by atoms with van der Waals surface area (Å²) in [7, 11) is 3.61. The van der Waals surface area contributed by atoms with E-state index >= 15 is 0 Å². The topological polar surface area (TPSA) is 52.6 Å². The van der Waals surface area contributed by atoms with Gasteiger partial charge in [0.25, 0.3) is 5.91 Å². The predicted molar refractivity (Wildman–Crippen MR) is 121 cm³/mol. The quantitative estimate of drug-likeness (QED) is 0.805. The summed E-state index contributed by atoms with van der Waals surface area (Å²) in [6.07, 6.45) is 7.29. The van der Waals surface area contributed by atoms with E-state index in [0.717, 1.165) is 17.8 Å². The van der Waals surface area contributed by atoms with E-state index in [1.807, 2.05) is 43.4 Å². The van der Waals surface area contributed by atoms with Gasteiger partial charge in [-0.2, -0.15) is 0 Å². The fraction of sp³-hybridized carbons (Fsp3) is 0.440. The molecule has 1 N–H and O–H groups in total. The monoisotopic (exact) mass is 405 g/mol. The largest absolute Gasteiger partial charge is 0.311 e. The molecule has 0 radical (unpaired) electrons. The number of nitrogens with zero attached hydrogens (tertiary/aromatic N) is 2. The number of likely N-dealkylation sites (N-methyl/N-ethyl adjacent to an activating group) is 1. The minimum absolute atomic E-state index is 0.0227. The van der Waals surface area contributed by atoms with Crippen LogP contribution in [0.5, 0.6) is 0 Å². The highest BCUT2D eigenvalue weighted by atomic mass is 16.2. The fourth-order valence-corrected chi connectivity index (χ4v) is 4.71. The van der Waals surface area contributed by atoms with Crippen LogP contribution in [0.4, 0.5) is 11.4 Å². The lowest BCUT2D eigenvalue weighted by Gasteiger charge is -2.23. The van der Waals surface area contributed by atoms with E-state index in [9.17, 15) is 9.59 Å². The van der Waals surface area contributed by atoms with E-state index in [1.165, 1.54) is 37.7 Å². The molecule has 1 heterocycles. The molecule has 5 heteroatoms. The molecule has 0 aromatic heterocycles. The van der Waals surface area contributed by atoms with Gasteiger partial charge in [0.05, 0.1) is 6.04 Å². The van der Waals surface area contributed by atoms with Gasteiger partial charge in [0.2, 0.25) is 5.91 Å². The van der Waals surface area contributed by atoms with Crippen LogP contribution in [0.25, 0.3) is 0 Å². The van der Waals surface area contributed by atoms with Crippen LogP contribution < -0.4 is 15.1 Å². The normalized spacial score (nSPS) is 19.9. The Bertz CT molecular complexity index is 886. The van der Waals surface area contributed by atoms with Crippen LogP contribution in [0.3, 0.4) is 0 Å². The number of rotatable bonds is 5. The smallest absolute Gasteiger partial charge is 0.258 e. The first-order chi connectivity index (χ1) is 14.6. The van der Waals surface area contributed by atoms with Crippen LogP contribution in [-0.4, -0.2) is 38.5 Å². The highest BCUT2D eigenvalue weighted by Gasteiger charge is 2.31. The molecule has 5 nitrogen and oxygen atoms in total. The molecular formula is C25H31N3O2. The third-order valence-corrected chi connectivity index (χ3v) is 6.64. The standard InChI is InChI=1S/C25H31N3O2/c1-26-23-16-17-28(25(23)30)22-14-12-21(13-15-22)27(2)24(29)20-10-8-19(9-11-20)18-6-4-3-5-7-18/h8-15,18,23,26H,3-7,16-17H2,1-2H3. The summed E-state index contributed by atoms with van der Waals surface area (Å²) in [4.78, 5) is 28.8. The molecular weight excluding hydrogens is 374 g/mol. The second-order valence-electron chi connectivity index (χ2n) is 8.46. The van der Waals surface area contributed by atoms with Gasteiger partial charge in [-0.15, -0.1) is 0 Å². The summed E-state index contributed by atoms with van der Waals surface area (Å²) in [5.41, 5.74) is 3.75. The molecule has 2 amide bonds. The maximum Gasteiger partial charge on any atom is 0.258 e. The second-order valence-corrected chi connectivity index (χ2v) is 8.46. The molecule has 0 spiro atoms. The Kier molecular flexibility index (Phi) is 6.18. The van der Waals surface area contributed by atoms with Crippen molar-refractivity contribution >= 4 is 23.2 Å². The summed E-state index contributed by atoms with van der Waals surface area (Å²) in [6.45, 7) is 0.714. The lowest BCUT2D eigenvalue weighted by molar-refractivity contribution is -0.118. The molecule has 4 rings (SSSR count). The summed E-state index contributed by atoms with van der Waals surface area (Å²) >= 11 is 0. The molecule has 2 fully saturated rings. The summed E-state index contributed by atoms with van der Waals surface area (Å²) in [6, 6.07) is 15.7. The Morgan fingerprint density at radius 1 is 0.967 bits per heavy atom. The number of amides is 2. The van der Waals surface area contributed by atoms with Crippen molar-refractivity contribution in [2.75, 3.05) is 30.4 Å². The van der Waals surface area contributed by atoms with E-state index in [4.69, 9.17) is 0 Å². The van der Waals surface area contributed by atoms with Gasteiger partial charge in [-0.05, 0) is 74.2 Å². The molecule has 1 aliphatic heterocycles. The average molecular weight is 406 g/mol. The lowest BCUT2D eigenvalue weighted by atomic mass is 9.84. The van der Waals surface area contributed by atoms with Crippen molar-refractivity contribution in [2.45, 2.75) is 50.5 Å². The summed E-state index contributed by atoms with van der Waals surface area (Å²) < 4.78 is 0. The van der Waals surface area contributed by atoms with Crippen molar-refractivity contribution < 1.29 is 9.59 Å². The third-order valence-electron chi connectivity index (χ3n) is 6.64. The van der Waals surface area contributed by atoms with Gasteiger partial charge < -0.3 is 15.1 Å². The minimum atomic E-state index is -0.106. The molecule has 1 aliphatic carbocycles. The third kappa shape index (κ3) is 4.12. The first kappa shape index (κ1) is 20.6. The maximum absolute atomic E-state index is 13.0. The number of anilines is 2. The zero-order chi connectivity index (χ0) is 21.1. The summed E-state index contributed by atoms with van der Waals surface area (Å²) in [5, 5.41) is 3.06. The van der Waals surface area contributed by atoms with Crippen LogP contribution in [0.1, 0.15) is 60.4 Å². The van der Waals surface area contributed by atoms with Gasteiger partial charge in [-0.25, -0.2) is 0 Å². The molecule has 1 saturated heterocycles. The van der Waals surface area contributed by atoms with E-state index in [2.05, 4.69) is 17.4 Å². The van der Waals surface area contributed by atoms with Gasteiger partial charge >= 0.3 is 0 Å². The minimum Gasteiger partial charge on any atom is -0.311 e. The first-order valence-corrected chi connectivity index (χ1v) is 11.0. The van der Waals surface area contributed by atoms with Gasteiger partial charge in [0, 0.05) is 30.5 Å². The molecule has 2 aliphatic rings. The average Bonchev–Trinajstić information content (AvgIpc) is 3.19. The van der Waals surface area contributed by atoms with Crippen molar-refractivity contribution in [1.82, 2.24) is 5.32 Å². The van der Waals surface area contributed by atoms with Crippen LogP contribution >= 0.6 is 0 Å². The zero-order valence-corrected chi connectivity index (χ0v) is 17.9. The highest BCUT2D eigenvalue weighted by molar-refractivity contribution is 6.06. The van der Waals surface area contributed by atoms with Crippen LogP contribution in [0.2, 0.25) is 0 Å². The number of carbonyl (C=O) groups excluding carboxylic acids is 2. The van der Waals surface area contributed by atoms with E-state index in [1.54, 1.807) is 16.8 Å². The van der Waals surface area contributed by atoms with Crippen molar-refractivity contribution in [1.29, 1.82) is 0 Å². The van der Waals surface area contributed by atoms with Crippen molar-refractivity contribution in [2.24, 2.45) is 0 Å². The molecule has 2 aromatic carbocycles. The van der Waals surface area contributed by atoms with Gasteiger partial charge in [-0.3, -0.25) is 9.59 Å². The Morgan fingerprint density at radius 2 is 1.63 bits per heavy atom. The molecule has 1 saturated carbocycles. The number of hydrogen-bond acceptors (Lipinski definition) is 3. The Morgan fingerprint density at radius 3 is 2.23 bits per heavy atom. The number of carbonyl (C=O) groups is 2. The van der Waals surface area contributed by atoms with Gasteiger partial charge in [0.1, 0.15) is 0 Å². The van der Waals surface area contributed by atoms with Crippen LogP contribution in [0, 0.1) is 0 Å². The Hall–Kier alpha value is -2.66. The molecule has 1 unspecified atom stereocenters. The highest BCUT2D eigenvalue weighted by Crippen LogP contribution is 2.33. The summed E-state index contributed by atoms with van der Waals surface area (Å²) in [5.74, 6) is 0.724. The lowest BCUT2D eigenvalue weighted by Crippen LogP contribution is -2.36. The second kappa shape index (κ2) is 9.00. The van der Waals surface area contributed by atoms with E-state index < -0.39 is 0 Å². The number of hydrogen-bond donors (Lipinski definition) is 1. The van der Waals surface area contributed by atoms with Crippen LogP contribution in [0.15, 0.2) is 48.5 Å². The molecule has 30 heavy (non-hydrogen) atoms. The van der Waals surface area contributed by atoms with Crippen molar-refractivity contribution in [3.05, 3.63) is 59.7 Å². The van der Waals surface area contributed by atoms with Crippen molar-refractivity contribution in [3.63, 3.8) is 0 Å². The first-order valence-electron chi connectivity index (χ1n) is 11.0.